The average Bonchev–Trinajstić information content (AvgIpc) is 3.52. The molecule has 2 aromatic heterocycles. The molecule has 0 aliphatic rings. The first-order valence-electron chi connectivity index (χ1n) is 10.1. The molecule has 1 atom stereocenters. The number of amides is 2. The molecule has 7 nitrogen and oxygen atoms in total. The van der Waals surface area contributed by atoms with Crippen LogP contribution in [0.4, 0.5) is 10.8 Å². The van der Waals surface area contributed by atoms with Crippen molar-refractivity contribution in [3.8, 4) is 0 Å². The molecule has 4 rings (SSSR count). The van der Waals surface area contributed by atoms with Crippen LogP contribution in [0.15, 0.2) is 87.5 Å². The summed E-state index contributed by atoms with van der Waals surface area (Å²) in [5.41, 5.74) is 1.51. The molecule has 1 unspecified atom stereocenters. The number of nitrogens with one attached hydrogen (secondary N) is 2. The summed E-state index contributed by atoms with van der Waals surface area (Å²) in [6.07, 6.45) is 1.45. The molecule has 2 aromatic carbocycles. The van der Waals surface area contributed by atoms with Crippen LogP contribution in [0.2, 0.25) is 0 Å². The summed E-state index contributed by atoms with van der Waals surface area (Å²) in [6.45, 7) is 2.03. The lowest BCUT2D eigenvalue weighted by Gasteiger charge is -2.16. The molecule has 4 aromatic rings. The fraction of sp³-hybridized carbons (Fsp3) is 0.130. The van der Waals surface area contributed by atoms with Gasteiger partial charge in [0, 0.05) is 22.1 Å². The van der Waals surface area contributed by atoms with Gasteiger partial charge in [-0.05, 0) is 47.7 Å². The standard InChI is InChI=1S/C23H20N4O3S3/c1-2-31-23-26-22(33-27-23)25-21(29)19(15-7-4-3-5-8-15)32-17-12-10-16(11-13-17)24-20(28)18-9-6-14-30-18/h3-14,19H,2H2,1H3,(H,24,28)(H,25,26,27,29). The Bertz CT molecular complexity index is 1200. The number of thioether (sulfide) groups is 2. The first kappa shape index (κ1) is 23.1. The molecule has 0 aliphatic carbocycles. The van der Waals surface area contributed by atoms with E-state index in [1.807, 2.05) is 49.4 Å². The van der Waals surface area contributed by atoms with Gasteiger partial charge in [0.05, 0.1) is 6.26 Å². The molecular weight excluding hydrogens is 476 g/mol. The van der Waals surface area contributed by atoms with Gasteiger partial charge in [-0.2, -0.15) is 9.36 Å². The summed E-state index contributed by atoms with van der Waals surface area (Å²) in [5, 5.41) is 6.34. The number of nitrogens with zero attached hydrogens (tertiary/aromatic N) is 2. The molecule has 10 heteroatoms. The zero-order valence-corrected chi connectivity index (χ0v) is 20.0. The monoisotopic (exact) mass is 496 g/mol. The lowest BCUT2D eigenvalue weighted by atomic mass is 10.1. The smallest absolute Gasteiger partial charge is 0.291 e. The fourth-order valence-electron chi connectivity index (χ4n) is 2.87. The van der Waals surface area contributed by atoms with E-state index in [-0.39, 0.29) is 17.6 Å². The van der Waals surface area contributed by atoms with Crippen molar-refractivity contribution in [2.75, 3.05) is 16.4 Å². The Balaban J connectivity index is 1.47. The van der Waals surface area contributed by atoms with Crippen molar-refractivity contribution in [1.29, 1.82) is 0 Å². The van der Waals surface area contributed by atoms with E-state index in [1.165, 1.54) is 41.3 Å². The summed E-state index contributed by atoms with van der Waals surface area (Å²) in [6, 6.07) is 20.2. The van der Waals surface area contributed by atoms with Crippen molar-refractivity contribution in [1.82, 2.24) is 9.36 Å². The van der Waals surface area contributed by atoms with Gasteiger partial charge < -0.3 is 9.73 Å². The largest absolute Gasteiger partial charge is 0.459 e. The molecule has 0 aliphatic heterocycles. The Morgan fingerprint density at radius 1 is 1.03 bits per heavy atom. The van der Waals surface area contributed by atoms with E-state index < -0.39 is 5.25 Å². The molecule has 168 valence electrons. The van der Waals surface area contributed by atoms with Crippen molar-refractivity contribution in [2.45, 2.75) is 22.2 Å². The van der Waals surface area contributed by atoms with Gasteiger partial charge in [-0.3, -0.25) is 14.9 Å². The van der Waals surface area contributed by atoms with Crippen LogP contribution in [-0.4, -0.2) is 26.9 Å². The Hall–Kier alpha value is -3.08. The third-order valence-corrected chi connectivity index (χ3v) is 7.10. The van der Waals surface area contributed by atoms with Crippen LogP contribution < -0.4 is 10.6 Å². The Morgan fingerprint density at radius 2 is 1.82 bits per heavy atom. The lowest BCUT2D eigenvalue weighted by Crippen LogP contribution is -2.19. The fourth-order valence-corrected chi connectivity index (χ4v) is 5.17. The van der Waals surface area contributed by atoms with Gasteiger partial charge in [0.15, 0.2) is 5.76 Å². The summed E-state index contributed by atoms with van der Waals surface area (Å²) in [4.78, 5) is 30.6. The molecule has 2 heterocycles. The van der Waals surface area contributed by atoms with E-state index in [2.05, 4.69) is 20.0 Å². The second-order valence-electron chi connectivity index (χ2n) is 6.67. The van der Waals surface area contributed by atoms with E-state index in [1.54, 1.807) is 24.3 Å². The molecule has 2 N–H and O–H groups in total. The number of hydrogen-bond acceptors (Lipinski definition) is 8. The van der Waals surface area contributed by atoms with Gasteiger partial charge in [-0.1, -0.05) is 49.0 Å². The Morgan fingerprint density at radius 3 is 2.52 bits per heavy atom. The van der Waals surface area contributed by atoms with Crippen LogP contribution in [0.5, 0.6) is 0 Å². The third-order valence-electron chi connectivity index (χ3n) is 4.36. The number of rotatable bonds is 9. The van der Waals surface area contributed by atoms with Crippen LogP contribution >= 0.6 is 35.1 Å². The van der Waals surface area contributed by atoms with Crippen molar-refractivity contribution >= 4 is 57.7 Å². The van der Waals surface area contributed by atoms with E-state index >= 15 is 0 Å². The van der Waals surface area contributed by atoms with Gasteiger partial charge >= 0.3 is 0 Å². The van der Waals surface area contributed by atoms with Crippen molar-refractivity contribution in [3.63, 3.8) is 0 Å². The second kappa shape index (κ2) is 11.2. The zero-order chi connectivity index (χ0) is 23.0. The van der Waals surface area contributed by atoms with Crippen LogP contribution in [0.1, 0.15) is 28.3 Å². The predicted molar refractivity (Wildman–Crippen MR) is 133 cm³/mol. The topological polar surface area (TPSA) is 97.1 Å². The predicted octanol–water partition coefficient (Wildman–Crippen LogP) is 5.97. The lowest BCUT2D eigenvalue weighted by molar-refractivity contribution is -0.115. The number of carbonyl (C=O) groups is 2. The minimum absolute atomic E-state index is 0.175. The highest BCUT2D eigenvalue weighted by Gasteiger charge is 2.23. The molecule has 33 heavy (non-hydrogen) atoms. The average molecular weight is 497 g/mol. The van der Waals surface area contributed by atoms with Gasteiger partial charge in [-0.15, -0.1) is 11.8 Å². The Kier molecular flexibility index (Phi) is 7.82. The number of carbonyl (C=O) groups excluding carboxylic acids is 2. The zero-order valence-electron chi connectivity index (χ0n) is 17.6. The number of hydrogen-bond donors (Lipinski definition) is 2. The Labute approximate surface area is 203 Å². The van der Waals surface area contributed by atoms with Gasteiger partial charge in [-0.25, -0.2) is 0 Å². The van der Waals surface area contributed by atoms with E-state index in [9.17, 15) is 9.59 Å². The highest BCUT2D eigenvalue weighted by atomic mass is 32.2. The maximum absolute atomic E-state index is 13.2. The van der Waals surface area contributed by atoms with Crippen molar-refractivity contribution in [2.24, 2.45) is 0 Å². The maximum atomic E-state index is 13.2. The normalized spacial score (nSPS) is 11.7. The molecular formula is C23H20N4O3S3. The van der Waals surface area contributed by atoms with Crippen LogP contribution in [-0.2, 0) is 4.79 Å². The first-order chi connectivity index (χ1) is 16.1. The number of furan rings is 1. The van der Waals surface area contributed by atoms with Crippen LogP contribution in [0.25, 0.3) is 0 Å². The van der Waals surface area contributed by atoms with E-state index in [0.717, 1.165) is 16.2 Å². The van der Waals surface area contributed by atoms with Crippen LogP contribution in [0, 0.1) is 0 Å². The van der Waals surface area contributed by atoms with Gasteiger partial charge in [0.1, 0.15) is 5.25 Å². The summed E-state index contributed by atoms with van der Waals surface area (Å²) in [5.74, 6) is 0.613. The minimum atomic E-state index is -0.485. The summed E-state index contributed by atoms with van der Waals surface area (Å²) < 4.78 is 9.37. The molecule has 0 radical (unpaired) electrons. The highest BCUT2D eigenvalue weighted by molar-refractivity contribution is 8.00. The number of benzene rings is 2. The van der Waals surface area contributed by atoms with E-state index in [0.29, 0.717) is 16.0 Å². The second-order valence-corrected chi connectivity index (χ2v) is 9.83. The summed E-state index contributed by atoms with van der Waals surface area (Å²) in [7, 11) is 0. The number of anilines is 2. The van der Waals surface area contributed by atoms with Crippen LogP contribution in [0.3, 0.4) is 0 Å². The molecule has 2 amide bonds. The molecule has 0 fully saturated rings. The maximum Gasteiger partial charge on any atom is 0.291 e. The molecule has 0 spiro atoms. The van der Waals surface area contributed by atoms with Crippen molar-refractivity contribution < 1.29 is 14.0 Å². The highest BCUT2D eigenvalue weighted by Crippen LogP contribution is 2.37. The summed E-state index contributed by atoms with van der Waals surface area (Å²) >= 11 is 4.12. The molecule has 0 bridgehead atoms. The SMILES string of the molecule is CCSc1nsc(NC(=O)C(Sc2ccc(NC(=O)c3ccco3)cc2)c2ccccc2)n1. The molecule has 0 saturated heterocycles. The minimum Gasteiger partial charge on any atom is -0.459 e. The number of aromatic nitrogens is 2. The quantitative estimate of drug-likeness (QED) is 0.276. The van der Waals surface area contributed by atoms with Crippen molar-refractivity contribution in [3.05, 3.63) is 84.3 Å². The third kappa shape index (κ3) is 6.25. The molecule has 0 saturated carbocycles. The van der Waals surface area contributed by atoms with Gasteiger partial charge in [0.25, 0.3) is 5.91 Å². The first-order valence-corrected chi connectivity index (χ1v) is 12.7. The van der Waals surface area contributed by atoms with Gasteiger partial charge in [0.2, 0.25) is 16.2 Å². The van der Waals surface area contributed by atoms with E-state index in [4.69, 9.17) is 4.42 Å².